The SMILES string of the molecule is CCOc1cc(C)ccc1NC(=O)N[C@@H]1CCS(=O)(=O)C1. The Morgan fingerprint density at radius 2 is 2.19 bits per heavy atom. The third-order valence-corrected chi connectivity index (χ3v) is 5.02. The summed E-state index contributed by atoms with van der Waals surface area (Å²) >= 11 is 0. The zero-order valence-corrected chi connectivity index (χ0v) is 13.0. The summed E-state index contributed by atoms with van der Waals surface area (Å²) < 4.78 is 28.2. The van der Waals surface area contributed by atoms with Gasteiger partial charge in [0.25, 0.3) is 0 Å². The Morgan fingerprint density at radius 1 is 1.43 bits per heavy atom. The van der Waals surface area contributed by atoms with Crippen molar-refractivity contribution in [3.05, 3.63) is 23.8 Å². The molecule has 21 heavy (non-hydrogen) atoms. The van der Waals surface area contributed by atoms with E-state index in [4.69, 9.17) is 4.74 Å². The number of anilines is 1. The summed E-state index contributed by atoms with van der Waals surface area (Å²) in [5.74, 6) is 0.742. The fraction of sp³-hybridized carbons (Fsp3) is 0.500. The lowest BCUT2D eigenvalue weighted by atomic mass is 10.2. The number of hydrogen-bond acceptors (Lipinski definition) is 4. The first-order valence-corrected chi connectivity index (χ1v) is 8.73. The number of hydrogen-bond donors (Lipinski definition) is 2. The molecule has 1 aromatic rings. The van der Waals surface area contributed by atoms with E-state index in [0.717, 1.165) is 5.56 Å². The summed E-state index contributed by atoms with van der Waals surface area (Å²) in [5.41, 5.74) is 1.60. The standard InChI is InChI=1S/C14H20N2O4S/c1-3-20-13-8-10(2)4-5-12(13)16-14(17)15-11-6-7-21(18,19)9-11/h4-5,8,11H,3,6-7,9H2,1-2H3,(H2,15,16,17)/t11-/m1/s1. The van der Waals surface area contributed by atoms with Gasteiger partial charge in [-0.2, -0.15) is 0 Å². The number of carbonyl (C=O) groups is 1. The van der Waals surface area contributed by atoms with Crippen molar-refractivity contribution in [3.63, 3.8) is 0 Å². The summed E-state index contributed by atoms with van der Waals surface area (Å²) in [6, 6.07) is 4.75. The zero-order chi connectivity index (χ0) is 15.5. The third-order valence-electron chi connectivity index (χ3n) is 3.25. The maximum atomic E-state index is 11.9. The quantitative estimate of drug-likeness (QED) is 0.886. The maximum Gasteiger partial charge on any atom is 0.319 e. The number of ether oxygens (including phenoxy) is 1. The van der Waals surface area contributed by atoms with Gasteiger partial charge in [0.05, 0.1) is 23.8 Å². The first-order valence-electron chi connectivity index (χ1n) is 6.91. The molecule has 1 fully saturated rings. The molecule has 116 valence electrons. The molecule has 1 heterocycles. The van der Waals surface area contributed by atoms with Crippen molar-refractivity contribution in [1.29, 1.82) is 0 Å². The van der Waals surface area contributed by atoms with Crippen LogP contribution in [0.2, 0.25) is 0 Å². The fourth-order valence-electron chi connectivity index (χ4n) is 2.26. The highest BCUT2D eigenvalue weighted by Gasteiger charge is 2.29. The molecule has 0 radical (unpaired) electrons. The van der Waals surface area contributed by atoms with Crippen molar-refractivity contribution in [2.45, 2.75) is 26.3 Å². The smallest absolute Gasteiger partial charge is 0.319 e. The van der Waals surface area contributed by atoms with E-state index in [0.29, 0.717) is 24.5 Å². The van der Waals surface area contributed by atoms with Crippen LogP contribution in [0.1, 0.15) is 18.9 Å². The van der Waals surface area contributed by atoms with Gasteiger partial charge in [-0.3, -0.25) is 0 Å². The predicted molar refractivity (Wildman–Crippen MR) is 81.6 cm³/mol. The van der Waals surface area contributed by atoms with Crippen LogP contribution in [0.4, 0.5) is 10.5 Å². The molecule has 0 bridgehead atoms. The molecule has 2 N–H and O–H groups in total. The minimum atomic E-state index is -3.00. The lowest BCUT2D eigenvalue weighted by Gasteiger charge is -2.15. The third kappa shape index (κ3) is 4.35. The van der Waals surface area contributed by atoms with Crippen molar-refractivity contribution in [1.82, 2.24) is 5.32 Å². The summed E-state index contributed by atoms with van der Waals surface area (Å²) in [4.78, 5) is 11.9. The average molecular weight is 312 g/mol. The van der Waals surface area contributed by atoms with Gasteiger partial charge in [-0.25, -0.2) is 13.2 Å². The molecule has 2 amide bonds. The average Bonchev–Trinajstić information content (AvgIpc) is 2.72. The van der Waals surface area contributed by atoms with E-state index in [2.05, 4.69) is 10.6 Å². The second-order valence-electron chi connectivity index (χ2n) is 5.13. The zero-order valence-electron chi connectivity index (χ0n) is 12.2. The molecule has 1 aliphatic rings. The van der Waals surface area contributed by atoms with Gasteiger partial charge < -0.3 is 15.4 Å². The molecule has 1 saturated heterocycles. The van der Waals surface area contributed by atoms with Gasteiger partial charge in [-0.05, 0) is 38.0 Å². The molecule has 0 aromatic heterocycles. The molecular formula is C14H20N2O4S. The molecule has 6 nitrogen and oxygen atoms in total. The van der Waals surface area contributed by atoms with Crippen molar-refractivity contribution in [2.24, 2.45) is 0 Å². The molecule has 0 unspecified atom stereocenters. The number of carbonyl (C=O) groups excluding carboxylic acids is 1. The summed E-state index contributed by atoms with van der Waals surface area (Å²) in [6.07, 6.45) is 0.460. The van der Waals surface area contributed by atoms with E-state index in [-0.39, 0.29) is 17.5 Å². The molecule has 1 aromatic carbocycles. The molecular weight excluding hydrogens is 292 g/mol. The Hall–Kier alpha value is -1.76. The Labute approximate surface area is 124 Å². The van der Waals surface area contributed by atoms with Crippen molar-refractivity contribution in [3.8, 4) is 5.75 Å². The van der Waals surface area contributed by atoms with E-state index in [1.807, 2.05) is 26.0 Å². The van der Waals surface area contributed by atoms with Crippen LogP contribution in [0, 0.1) is 6.92 Å². The van der Waals surface area contributed by atoms with Gasteiger partial charge in [0.2, 0.25) is 0 Å². The molecule has 0 saturated carbocycles. The van der Waals surface area contributed by atoms with Crippen LogP contribution in [0.15, 0.2) is 18.2 Å². The van der Waals surface area contributed by atoms with Crippen LogP contribution in [0.3, 0.4) is 0 Å². The normalized spacial score (nSPS) is 20.0. The second kappa shape index (κ2) is 6.34. The molecule has 7 heteroatoms. The first kappa shape index (κ1) is 15.6. The fourth-order valence-corrected chi connectivity index (χ4v) is 3.93. The second-order valence-corrected chi connectivity index (χ2v) is 7.36. The van der Waals surface area contributed by atoms with Gasteiger partial charge in [-0.15, -0.1) is 0 Å². The molecule has 1 atom stereocenters. The number of amides is 2. The van der Waals surface area contributed by atoms with Crippen molar-refractivity contribution in [2.75, 3.05) is 23.4 Å². The summed E-state index contributed by atoms with van der Waals surface area (Å²) in [7, 11) is -3.00. The lowest BCUT2D eigenvalue weighted by Crippen LogP contribution is -2.38. The van der Waals surface area contributed by atoms with Crippen LogP contribution < -0.4 is 15.4 Å². The minimum absolute atomic E-state index is 0.00658. The van der Waals surface area contributed by atoms with Crippen LogP contribution >= 0.6 is 0 Å². The summed E-state index contributed by atoms with van der Waals surface area (Å²) in [5, 5.41) is 5.39. The van der Waals surface area contributed by atoms with E-state index in [1.54, 1.807) is 6.07 Å². The van der Waals surface area contributed by atoms with Crippen molar-refractivity contribution < 1.29 is 17.9 Å². The molecule has 0 spiro atoms. The van der Waals surface area contributed by atoms with Crippen LogP contribution in [0.5, 0.6) is 5.75 Å². The van der Waals surface area contributed by atoms with Gasteiger partial charge in [0, 0.05) is 6.04 Å². The monoisotopic (exact) mass is 312 g/mol. The van der Waals surface area contributed by atoms with Gasteiger partial charge in [0.1, 0.15) is 5.75 Å². The minimum Gasteiger partial charge on any atom is -0.492 e. The lowest BCUT2D eigenvalue weighted by molar-refractivity contribution is 0.249. The van der Waals surface area contributed by atoms with E-state index in [1.165, 1.54) is 0 Å². The van der Waals surface area contributed by atoms with E-state index >= 15 is 0 Å². The molecule has 1 aliphatic heterocycles. The number of benzene rings is 1. The highest BCUT2D eigenvalue weighted by atomic mass is 32.2. The first-order chi connectivity index (χ1) is 9.89. The van der Waals surface area contributed by atoms with E-state index in [9.17, 15) is 13.2 Å². The molecule has 2 rings (SSSR count). The number of sulfone groups is 1. The van der Waals surface area contributed by atoms with Crippen LogP contribution in [-0.4, -0.2) is 38.6 Å². The van der Waals surface area contributed by atoms with Crippen LogP contribution in [0.25, 0.3) is 0 Å². The summed E-state index contributed by atoms with van der Waals surface area (Å²) in [6.45, 7) is 4.31. The highest BCUT2D eigenvalue weighted by Crippen LogP contribution is 2.25. The predicted octanol–water partition coefficient (Wildman–Crippen LogP) is 1.70. The largest absolute Gasteiger partial charge is 0.492 e. The topological polar surface area (TPSA) is 84.5 Å². The van der Waals surface area contributed by atoms with Gasteiger partial charge in [0.15, 0.2) is 9.84 Å². The van der Waals surface area contributed by atoms with Gasteiger partial charge >= 0.3 is 6.03 Å². The Bertz CT molecular complexity index is 628. The number of rotatable bonds is 4. The molecule has 0 aliphatic carbocycles. The van der Waals surface area contributed by atoms with Crippen LogP contribution in [-0.2, 0) is 9.84 Å². The Balaban J connectivity index is 1.99. The Kier molecular flexibility index (Phi) is 4.72. The van der Waals surface area contributed by atoms with Gasteiger partial charge in [-0.1, -0.05) is 6.07 Å². The Morgan fingerprint density at radius 3 is 2.81 bits per heavy atom. The number of aryl methyl sites for hydroxylation is 1. The van der Waals surface area contributed by atoms with Crippen molar-refractivity contribution >= 4 is 21.6 Å². The highest BCUT2D eigenvalue weighted by molar-refractivity contribution is 7.91. The number of urea groups is 1. The maximum absolute atomic E-state index is 11.9. The van der Waals surface area contributed by atoms with E-state index < -0.39 is 15.9 Å². The number of nitrogens with one attached hydrogen (secondary N) is 2.